The molecule has 3 rings (SSSR count). The van der Waals surface area contributed by atoms with Gasteiger partial charge in [0.15, 0.2) is 0 Å². The molecule has 0 radical (unpaired) electrons. The molecule has 0 fully saturated rings. The highest BCUT2D eigenvalue weighted by molar-refractivity contribution is 7.00. The maximum Gasteiger partial charge on any atom is 0.112 e. The van der Waals surface area contributed by atoms with E-state index >= 15 is 0 Å². The first-order chi connectivity index (χ1) is 11.9. The minimum atomic E-state index is -1.64. The summed E-state index contributed by atoms with van der Waals surface area (Å²) in [7, 11) is 0.486. The van der Waals surface area contributed by atoms with Crippen molar-refractivity contribution in [2.45, 2.75) is 26.9 Å². The van der Waals surface area contributed by atoms with Gasteiger partial charge in [-0.2, -0.15) is 0 Å². The molecule has 0 spiro atoms. The summed E-state index contributed by atoms with van der Waals surface area (Å²) in [4.78, 5) is 2.24. The van der Waals surface area contributed by atoms with E-state index in [1.54, 1.807) is 0 Å². The smallest absolute Gasteiger partial charge is 0.112 e. The predicted octanol–water partition coefficient (Wildman–Crippen LogP) is 4.89. The molecule has 25 heavy (non-hydrogen) atoms. The second-order valence-electron chi connectivity index (χ2n) is 7.43. The molecular weight excluding hydrogens is 318 g/mol. The van der Waals surface area contributed by atoms with Crippen molar-refractivity contribution < 1.29 is 0 Å². The third-order valence-corrected chi connectivity index (χ3v) is 8.72. The van der Waals surface area contributed by atoms with Gasteiger partial charge in [0.2, 0.25) is 0 Å². The summed E-state index contributed by atoms with van der Waals surface area (Å²) in [6.07, 6.45) is 0. The zero-order valence-corrected chi connectivity index (χ0v) is 16.9. The Bertz CT molecular complexity index is 831. The maximum atomic E-state index is 2.43. The second kappa shape index (κ2) is 6.89. The van der Waals surface area contributed by atoms with E-state index in [4.69, 9.17) is 0 Å². The van der Waals surface area contributed by atoms with Gasteiger partial charge in [-0.15, -0.1) is 0 Å². The highest BCUT2D eigenvalue weighted by Crippen LogP contribution is 2.23. The molecule has 0 aliphatic heterocycles. The van der Waals surface area contributed by atoms with Crippen molar-refractivity contribution in [2.24, 2.45) is 0 Å². The first-order valence-corrected chi connectivity index (χ1v) is 11.9. The van der Waals surface area contributed by atoms with Gasteiger partial charge in [0.1, 0.15) is 8.07 Å². The Morgan fingerprint density at radius 1 is 0.560 bits per heavy atom. The molecule has 0 atom stereocenters. The van der Waals surface area contributed by atoms with Gasteiger partial charge in [0.05, 0.1) is 0 Å². The molecule has 3 aromatic carbocycles. The average molecular weight is 346 g/mol. The molecule has 0 amide bonds. The number of rotatable bonds is 4. The van der Waals surface area contributed by atoms with Crippen molar-refractivity contribution in [1.82, 2.24) is 0 Å². The summed E-state index contributed by atoms with van der Waals surface area (Å²) in [6, 6.07) is 26.8. The van der Waals surface area contributed by atoms with Gasteiger partial charge in [-0.3, -0.25) is 0 Å². The molecule has 128 valence electrons. The molecule has 0 bridgehead atoms. The predicted molar refractivity (Wildman–Crippen MR) is 114 cm³/mol. The molecule has 0 aliphatic rings. The quantitative estimate of drug-likeness (QED) is 0.608. The van der Waals surface area contributed by atoms with Gasteiger partial charge >= 0.3 is 0 Å². The third-order valence-electron chi connectivity index (χ3n) is 5.17. The zero-order valence-electron chi connectivity index (χ0n) is 15.9. The summed E-state index contributed by atoms with van der Waals surface area (Å²) >= 11 is 0. The maximum absolute atomic E-state index is 2.43. The van der Waals surface area contributed by atoms with Gasteiger partial charge in [0.25, 0.3) is 0 Å². The molecular formula is C23H27NSi. The number of hydrogen-bond donors (Lipinski definition) is 0. The van der Waals surface area contributed by atoms with E-state index in [2.05, 4.69) is 112 Å². The summed E-state index contributed by atoms with van der Waals surface area (Å²) in [6.45, 7) is 9.12. The lowest BCUT2D eigenvalue weighted by Crippen LogP contribution is -2.52. The van der Waals surface area contributed by atoms with E-state index in [0.717, 1.165) is 0 Å². The SMILES string of the molecule is Cc1ccc(N(C)c2ccc([Si](C)(C)c3ccc(C)cc3)cc2)cc1. The molecule has 0 saturated heterocycles. The minimum Gasteiger partial charge on any atom is -0.345 e. The largest absolute Gasteiger partial charge is 0.345 e. The lowest BCUT2D eigenvalue weighted by molar-refractivity contribution is 1.21. The van der Waals surface area contributed by atoms with Crippen LogP contribution in [0.4, 0.5) is 11.4 Å². The van der Waals surface area contributed by atoms with Crippen molar-refractivity contribution in [3.8, 4) is 0 Å². The number of benzene rings is 3. The van der Waals surface area contributed by atoms with Gasteiger partial charge in [0, 0.05) is 18.4 Å². The van der Waals surface area contributed by atoms with E-state index in [9.17, 15) is 0 Å². The lowest BCUT2D eigenvalue weighted by atomic mass is 10.2. The van der Waals surface area contributed by atoms with Crippen LogP contribution >= 0.6 is 0 Å². The summed E-state index contributed by atoms with van der Waals surface area (Å²) in [5.74, 6) is 0. The Balaban J connectivity index is 1.86. The highest BCUT2D eigenvalue weighted by atomic mass is 28.3. The second-order valence-corrected chi connectivity index (χ2v) is 11.8. The first-order valence-electron chi connectivity index (χ1n) is 8.86. The number of anilines is 2. The van der Waals surface area contributed by atoms with E-state index in [1.807, 2.05) is 0 Å². The summed E-state index contributed by atoms with van der Waals surface area (Å²) in [5, 5.41) is 2.95. The van der Waals surface area contributed by atoms with Crippen molar-refractivity contribution in [2.75, 3.05) is 11.9 Å². The Morgan fingerprint density at radius 3 is 1.32 bits per heavy atom. The fraction of sp³-hybridized carbons (Fsp3) is 0.217. The topological polar surface area (TPSA) is 3.24 Å². The highest BCUT2D eigenvalue weighted by Gasteiger charge is 2.25. The molecule has 2 heteroatoms. The molecule has 0 heterocycles. The van der Waals surface area contributed by atoms with Crippen LogP contribution in [0.15, 0.2) is 72.8 Å². The van der Waals surface area contributed by atoms with Crippen LogP contribution in [-0.2, 0) is 0 Å². The molecule has 0 unspecified atom stereocenters. The Labute approximate surface area is 153 Å². The summed E-state index contributed by atoms with van der Waals surface area (Å²) in [5.41, 5.74) is 5.05. The van der Waals surface area contributed by atoms with Crippen molar-refractivity contribution in [3.05, 3.63) is 83.9 Å². The van der Waals surface area contributed by atoms with Crippen LogP contribution < -0.4 is 15.3 Å². The van der Waals surface area contributed by atoms with Gasteiger partial charge in [-0.1, -0.05) is 83.1 Å². The van der Waals surface area contributed by atoms with Crippen molar-refractivity contribution in [3.63, 3.8) is 0 Å². The van der Waals surface area contributed by atoms with Crippen LogP contribution in [0, 0.1) is 13.8 Å². The van der Waals surface area contributed by atoms with E-state index in [0.29, 0.717) is 0 Å². The van der Waals surface area contributed by atoms with Gasteiger partial charge in [-0.05, 0) is 38.1 Å². The number of nitrogens with zero attached hydrogens (tertiary/aromatic N) is 1. The Kier molecular flexibility index (Phi) is 4.82. The van der Waals surface area contributed by atoms with Crippen LogP contribution in [0.5, 0.6) is 0 Å². The van der Waals surface area contributed by atoms with Crippen LogP contribution in [0.1, 0.15) is 11.1 Å². The molecule has 0 aliphatic carbocycles. The van der Waals surface area contributed by atoms with Crippen LogP contribution in [0.3, 0.4) is 0 Å². The standard InChI is InChI=1S/C23H27NSi/c1-18-6-10-20(11-7-18)24(3)21-12-16-23(17-13-21)25(4,5)22-14-8-19(2)9-15-22/h6-17H,1-5H3. The number of aryl methyl sites for hydroxylation is 2. The van der Waals surface area contributed by atoms with Gasteiger partial charge < -0.3 is 4.90 Å². The number of hydrogen-bond acceptors (Lipinski definition) is 1. The summed E-state index contributed by atoms with van der Waals surface area (Å²) < 4.78 is 0. The normalized spacial score (nSPS) is 11.4. The average Bonchev–Trinajstić information content (AvgIpc) is 2.62. The lowest BCUT2D eigenvalue weighted by Gasteiger charge is -2.25. The van der Waals surface area contributed by atoms with Crippen molar-refractivity contribution >= 4 is 29.8 Å². The third kappa shape index (κ3) is 3.69. The molecule has 0 aromatic heterocycles. The molecule has 3 aromatic rings. The van der Waals surface area contributed by atoms with E-state index in [1.165, 1.54) is 32.9 Å². The molecule has 1 nitrogen and oxygen atoms in total. The minimum absolute atomic E-state index is 1.22. The first kappa shape index (κ1) is 17.5. The molecule has 0 saturated carbocycles. The van der Waals surface area contributed by atoms with Gasteiger partial charge in [-0.25, -0.2) is 0 Å². The zero-order chi connectivity index (χ0) is 18.0. The van der Waals surface area contributed by atoms with Crippen molar-refractivity contribution in [1.29, 1.82) is 0 Å². The van der Waals surface area contributed by atoms with Crippen LogP contribution in [0.2, 0.25) is 13.1 Å². The fourth-order valence-electron chi connectivity index (χ4n) is 3.16. The molecule has 0 N–H and O–H groups in total. The Morgan fingerprint density at radius 2 is 0.880 bits per heavy atom. The Hall–Kier alpha value is -2.32. The van der Waals surface area contributed by atoms with Crippen LogP contribution in [-0.4, -0.2) is 15.1 Å². The fourth-order valence-corrected chi connectivity index (χ4v) is 5.49. The monoisotopic (exact) mass is 345 g/mol. The van der Waals surface area contributed by atoms with E-state index in [-0.39, 0.29) is 0 Å². The van der Waals surface area contributed by atoms with Crippen LogP contribution in [0.25, 0.3) is 0 Å². The van der Waals surface area contributed by atoms with E-state index < -0.39 is 8.07 Å².